The zero-order valence-electron chi connectivity index (χ0n) is 12.9. The van der Waals surface area contributed by atoms with Gasteiger partial charge in [-0.25, -0.2) is 9.97 Å². The highest BCUT2D eigenvalue weighted by atomic mass is 16.3. The fourth-order valence-corrected chi connectivity index (χ4v) is 2.45. The molecule has 0 atom stereocenters. The van der Waals surface area contributed by atoms with E-state index in [1.165, 1.54) is 6.92 Å². The highest BCUT2D eigenvalue weighted by Gasteiger charge is 2.15. The summed E-state index contributed by atoms with van der Waals surface area (Å²) in [4.78, 5) is 20.3. The number of fused-ring (bicyclic) bond motifs is 1. The van der Waals surface area contributed by atoms with Gasteiger partial charge in [-0.1, -0.05) is 12.6 Å². The molecule has 0 amide bonds. The second kappa shape index (κ2) is 5.64. The molecule has 0 radical (unpaired) electrons. The van der Waals surface area contributed by atoms with E-state index in [0.29, 0.717) is 11.5 Å². The summed E-state index contributed by atoms with van der Waals surface area (Å²) in [5, 5.41) is 14.4. The van der Waals surface area contributed by atoms with Crippen LogP contribution in [0.1, 0.15) is 23.2 Å². The third-order valence-corrected chi connectivity index (χ3v) is 3.53. The zero-order valence-corrected chi connectivity index (χ0v) is 12.9. The van der Waals surface area contributed by atoms with E-state index in [9.17, 15) is 9.90 Å². The molecular formula is C17H16N4O2. The van der Waals surface area contributed by atoms with Crippen LogP contribution in [0.4, 0.5) is 0 Å². The molecule has 6 nitrogen and oxygen atoms in total. The number of hydrogen-bond donors (Lipinski definition) is 1. The first kappa shape index (κ1) is 14.9. The number of carbonyl (C=O) groups excluding carboxylic acids is 1. The molecule has 0 spiro atoms. The van der Waals surface area contributed by atoms with E-state index >= 15 is 0 Å². The van der Waals surface area contributed by atoms with Crippen LogP contribution in [-0.4, -0.2) is 30.6 Å². The van der Waals surface area contributed by atoms with Gasteiger partial charge in [-0.2, -0.15) is 5.10 Å². The molecule has 1 N–H and O–H groups in total. The summed E-state index contributed by atoms with van der Waals surface area (Å²) in [7, 11) is 0. The molecule has 0 aliphatic rings. The number of hydrogen-bond acceptors (Lipinski definition) is 5. The quantitative estimate of drug-likeness (QED) is 0.591. The number of aliphatic hydroxyl groups is 1. The fourth-order valence-electron chi connectivity index (χ4n) is 2.45. The van der Waals surface area contributed by atoms with E-state index in [0.717, 1.165) is 22.0 Å². The Balaban J connectivity index is 2.18. The summed E-state index contributed by atoms with van der Waals surface area (Å²) in [6.45, 7) is 6.93. The van der Waals surface area contributed by atoms with Crippen LogP contribution < -0.4 is 0 Å². The lowest BCUT2D eigenvalue weighted by atomic mass is 10.0. The molecule has 116 valence electrons. The molecule has 0 aliphatic carbocycles. The number of ketones is 1. The molecule has 0 saturated carbocycles. The number of nitrogens with zero attached hydrogens (tertiary/aromatic N) is 4. The molecular weight excluding hydrogens is 292 g/mol. The molecule has 0 fully saturated rings. The van der Waals surface area contributed by atoms with Crippen molar-refractivity contribution in [1.29, 1.82) is 0 Å². The van der Waals surface area contributed by atoms with Crippen molar-refractivity contribution < 1.29 is 9.90 Å². The predicted octanol–water partition coefficient (Wildman–Crippen LogP) is 3.08. The molecule has 2 heterocycles. The smallest absolute Gasteiger partial charge is 0.180 e. The summed E-state index contributed by atoms with van der Waals surface area (Å²) in [6, 6.07) is 5.68. The third kappa shape index (κ3) is 2.83. The van der Waals surface area contributed by atoms with Crippen LogP contribution in [0.25, 0.3) is 22.0 Å². The Bertz CT molecular complexity index is 910. The Hall–Kier alpha value is -3.02. The minimum absolute atomic E-state index is 0.0134. The van der Waals surface area contributed by atoms with Crippen molar-refractivity contribution in [2.45, 2.75) is 20.4 Å². The van der Waals surface area contributed by atoms with Gasteiger partial charge in [-0.15, -0.1) is 0 Å². The van der Waals surface area contributed by atoms with E-state index in [1.54, 1.807) is 17.1 Å². The number of aromatic nitrogens is 4. The van der Waals surface area contributed by atoms with Crippen LogP contribution in [-0.2, 0) is 6.54 Å². The second-order valence-electron chi connectivity index (χ2n) is 5.38. The molecule has 2 aromatic heterocycles. The zero-order chi connectivity index (χ0) is 16.6. The number of allylic oxidation sites excluding steroid dienone is 1. The van der Waals surface area contributed by atoms with Gasteiger partial charge in [0.05, 0.1) is 12.1 Å². The largest absolute Gasteiger partial charge is 0.511 e. The Kier molecular flexibility index (Phi) is 3.65. The van der Waals surface area contributed by atoms with Crippen LogP contribution in [0.3, 0.4) is 0 Å². The van der Waals surface area contributed by atoms with Gasteiger partial charge in [0, 0.05) is 30.3 Å². The minimum atomic E-state index is -0.130. The SMILES string of the molecule is C=C(O)Cn1nc(C(C)=O)c2cc(-c3cnc(C)nc3)ccc21. The molecule has 0 bridgehead atoms. The van der Waals surface area contributed by atoms with E-state index in [1.807, 2.05) is 25.1 Å². The van der Waals surface area contributed by atoms with Gasteiger partial charge < -0.3 is 5.11 Å². The van der Waals surface area contributed by atoms with Gasteiger partial charge in [0.2, 0.25) is 0 Å². The molecule has 0 aliphatic heterocycles. The lowest BCUT2D eigenvalue weighted by molar-refractivity contribution is 0.101. The second-order valence-corrected chi connectivity index (χ2v) is 5.38. The normalized spacial score (nSPS) is 10.9. The number of aryl methyl sites for hydroxylation is 1. The standard InChI is InChI=1S/C17H16N4O2/c1-10(22)9-21-16-5-4-13(14-7-18-12(3)19-8-14)6-15(16)17(20-21)11(2)23/h4-8,22H,1,9H2,2-3H3. The number of carbonyl (C=O) groups is 1. The van der Waals surface area contributed by atoms with Crippen molar-refractivity contribution in [2.24, 2.45) is 0 Å². The van der Waals surface area contributed by atoms with E-state index in [2.05, 4.69) is 21.6 Å². The Morgan fingerprint density at radius 2 is 1.96 bits per heavy atom. The topological polar surface area (TPSA) is 80.9 Å². The predicted molar refractivity (Wildman–Crippen MR) is 87.3 cm³/mol. The van der Waals surface area contributed by atoms with Crippen molar-refractivity contribution in [3.8, 4) is 11.1 Å². The van der Waals surface area contributed by atoms with E-state index in [-0.39, 0.29) is 18.1 Å². The highest BCUT2D eigenvalue weighted by Crippen LogP contribution is 2.26. The maximum Gasteiger partial charge on any atom is 0.180 e. The number of Topliss-reactive ketones (excluding diaryl/α,β-unsaturated/α-hetero) is 1. The van der Waals surface area contributed by atoms with Crippen LogP contribution in [0.15, 0.2) is 42.9 Å². The van der Waals surface area contributed by atoms with E-state index in [4.69, 9.17) is 0 Å². The Morgan fingerprint density at radius 3 is 2.57 bits per heavy atom. The van der Waals surface area contributed by atoms with Gasteiger partial charge in [0.25, 0.3) is 0 Å². The molecule has 1 aromatic carbocycles. The first-order valence-electron chi connectivity index (χ1n) is 7.13. The van der Waals surface area contributed by atoms with Crippen molar-refractivity contribution in [3.05, 3.63) is 54.4 Å². The van der Waals surface area contributed by atoms with Gasteiger partial charge in [-0.05, 0) is 24.6 Å². The first-order chi connectivity index (χ1) is 11.0. The summed E-state index contributed by atoms with van der Waals surface area (Å²) in [5.41, 5.74) is 2.91. The lowest BCUT2D eigenvalue weighted by Crippen LogP contribution is -2.03. The van der Waals surface area contributed by atoms with Gasteiger partial charge in [0.1, 0.15) is 17.3 Å². The Labute approximate surface area is 133 Å². The highest BCUT2D eigenvalue weighted by molar-refractivity contribution is 6.05. The molecule has 3 aromatic rings. The van der Waals surface area contributed by atoms with Crippen LogP contribution >= 0.6 is 0 Å². The van der Waals surface area contributed by atoms with Gasteiger partial charge >= 0.3 is 0 Å². The minimum Gasteiger partial charge on any atom is -0.511 e. The van der Waals surface area contributed by atoms with Crippen molar-refractivity contribution >= 4 is 16.7 Å². The number of benzene rings is 1. The maximum absolute atomic E-state index is 11.9. The molecule has 6 heteroatoms. The summed E-state index contributed by atoms with van der Waals surface area (Å²) in [5.74, 6) is 0.559. The number of rotatable bonds is 4. The third-order valence-electron chi connectivity index (χ3n) is 3.53. The van der Waals surface area contributed by atoms with Crippen molar-refractivity contribution in [1.82, 2.24) is 19.7 Å². The summed E-state index contributed by atoms with van der Waals surface area (Å²) >= 11 is 0. The fraction of sp³-hybridized carbons (Fsp3) is 0.176. The van der Waals surface area contributed by atoms with Crippen molar-refractivity contribution in [2.75, 3.05) is 0 Å². The molecule has 3 rings (SSSR count). The average Bonchev–Trinajstić information content (AvgIpc) is 2.85. The average molecular weight is 308 g/mol. The lowest BCUT2D eigenvalue weighted by Gasteiger charge is -2.04. The first-order valence-corrected chi connectivity index (χ1v) is 7.13. The van der Waals surface area contributed by atoms with Crippen LogP contribution in [0, 0.1) is 6.92 Å². The van der Waals surface area contributed by atoms with Gasteiger partial charge in [0.15, 0.2) is 5.78 Å². The number of aliphatic hydroxyl groups excluding tert-OH is 1. The van der Waals surface area contributed by atoms with E-state index < -0.39 is 0 Å². The molecule has 0 unspecified atom stereocenters. The summed E-state index contributed by atoms with van der Waals surface area (Å²) in [6.07, 6.45) is 3.49. The van der Waals surface area contributed by atoms with Crippen molar-refractivity contribution in [3.63, 3.8) is 0 Å². The summed E-state index contributed by atoms with van der Waals surface area (Å²) < 4.78 is 1.57. The van der Waals surface area contributed by atoms with Crippen LogP contribution in [0.2, 0.25) is 0 Å². The monoisotopic (exact) mass is 308 g/mol. The van der Waals surface area contributed by atoms with Gasteiger partial charge in [-0.3, -0.25) is 9.48 Å². The molecule has 23 heavy (non-hydrogen) atoms. The Morgan fingerprint density at radius 1 is 1.26 bits per heavy atom. The maximum atomic E-state index is 11.9. The molecule has 0 saturated heterocycles. The van der Waals surface area contributed by atoms with Crippen LogP contribution in [0.5, 0.6) is 0 Å².